The van der Waals surface area contributed by atoms with E-state index in [1.54, 1.807) is 0 Å². The summed E-state index contributed by atoms with van der Waals surface area (Å²) in [6, 6.07) is 5.55. The summed E-state index contributed by atoms with van der Waals surface area (Å²) >= 11 is 6.05. The van der Waals surface area contributed by atoms with Crippen LogP contribution in [0.15, 0.2) is 18.2 Å². The van der Waals surface area contributed by atoms with Crippen molar-refractivity contribution in [3.05, 3.63) is 34.3 Å². The van der Waals surface area contributed by atoms with Gasteiger partial charge in [-0.05, 0) is 24.1 Å². The van der Waals surface area contributed by atoms with E-state index in [0.29, 0.717) is 11.6 Å². The van der Waals surface area contributed by atoms with Gasteiger partial charge in [0, 0.05) is 5.02 Å². The zero-order chi connectivity index (χ0) is 10.1. The number of hydrogen-bond acceptors (Lipinski definition) is 2. The smallest absolute Gasteiger partial charge is 0.407 e. The molecule has 1 saturated heterocycles. The van der Waals surface area contributed by atoms with Crippen LogP contribution in [0.2, 0.25) is 5.02 Å². The molecule has 1 N–H and O–H groups in total. The van der Waals surface area contributed by atoms with Crippen molar-refractivity contribution in [2.45, 2.75) is 13.0 Å². The maximum atomic E-state index is 10.9. The van der Waals surface area contributed by atoms with E-state index in [-0.39, 0.29) is 24.5 Å². The molecule has 0 radical (unpaired) electrons. The summed E-state index contributed by atoms with van der Waals surface area (Å²) in [5, 5.41) is 3.37. The van der Waals surface area contributed by atoms with Crippen LogP contribution in [0.25, 0.3) is 0 Å². The number of hydrogen-bond donors (Lipinski definition) is 1. The van der Waals surface area contributed by atoms with E-state index in [0.717, 1.165) is 11.1 Å². The van der Waals surface area contributed by atoms with Gasteiger partial charge in [0.15, 0.2) is 0 Å². The molecule has 1 fully saturated rings. The highest BCUT2D eigenvalue weighted by atomic mass is 35.5. The zero-order valence-electron chi connectivity index (χ0n) is 8.12. The lowest BCUT2D eigenvalue weighted by Crippen LogP contribution is -2.19. The summed E-state index contributed by atoms with van der Waals surface area (Å²) in [7, 11) is 0. The number of amides is 1. The molecule has 1 aliphatic rings. The van der Waals surface area contributed by atoms with E-state index < -0.39 is 0 Å². The Labute approximate surface area is 99.2 Å². The standard InChI is InChI=1S/C10H10ClNO2.ClH/c1-6-3-2-4-7(11)9(6)8-5-14-10(13)12-8;/h2-4,8H,5H2,1H3,(H,12,13);1H/t8-;/m1./s1. The lowest BCUT2D eigenvalue weighted by atomic mass is 10.0. The molecule has 5 heteroatoms. The van der Waals surface area contributed by atoms with E-state index in [9.17, 15) is 4.79 Å². The van der Waals surface area contributed by atoms with Crippen molar-refractivity contribution in [3.63, 3.8) is 0 Å². The molecule has 1 heterocycles. The average molecular weight is 248 g/mol. The normalized spacial score (nSPS) is 19.1. The Hall–Kier alpha value is -0.930. The van der Waals surface area contributed by atoms with E-state index in [1.807, 2.05) is 25.1 Å². The number of ether oxygens (including phenoxy) is 1. The van der Waals surface area contributed by atoms with Crippen molar-refractivity contribution in [3.8, 4) is 0 Å². The maximum absolute atomic E-state index is 10.9. The minimum Gasteiger partial charge on any atom is -0.447 e. The zero-order valence-corrected chi connectivity index (χ0v) is 9.69. The molecule has 3 nitrogen and oxygen atoms in total. The largest absolute Gasteiger partial charge is 0.447 e. The van der Waals surface area contributed by atoms with Crippen LogP contribution in [0.1, 0.15) is 17.2 Å². The first-order valence-corrected chi connectivity index (χ1v) is 4.74. The highest BCUT2D eigenvalue weighted by Crippen LogP contribution is 2.28. The van der Waals surface area contributed by atoms with E-state index in [4.69, 9.17) is 16.3 Å². The number of nitrogens with one attached hydrogen (secondary N) is 1. The topological polar surface area (TPSA) is 38.3 Å². The molecule has 1 aromatic carbocycles. The Bertz CT molecular complexity index is 361. The summed E-state index contributed by atoms with van der Waals surface area (Å²) in [6.45, 7) is 2.31. The Morgan fingerprint density at radius 2 is 2.27 bits per heavy atom. The van der Waals surface area contributed by atoms with Gasteiger partial charge >= 0.3 is 6.09 Å². The van der Waals surface area contributed by atoms with Gasteiger partial charge < -0.3 is 10.1 Å². The van der Waals surface area contributed by atoms with Gasteiger partial charge in [-0.3, -0.25) is 0 Å². The number of aryl methyl sites for hydroxylation is 1. The highest BCUT2D eigenvalue weighted by Gasteiger charge is 2.26. The molecule has 0 unspecified atom stereocenters. The number of halogens is 2. The Balaban J connectivity index is 0.00000112. The average Bonchev–Trinajstić information content (AvgIpc) is 2.51. The fraction of sp³-hybridized carbons (Fsp3) is 0.300. The molecule has 0 aromatic heterocycles. The summed E-state index contributed by atoms with van der Waals surface area (Å²) in [6.07, 6.45) is -0.380. The van der Waals surface area contributed by atoms with Crippen LogP contribution in [0.4, 0.5) is 4.79 Å². The molecule has 1 atom stereocenters. The third kappa shape index (κ3) is 2.36. The first-order valence-electron chi connectivity index (χ1n) is 4.37. The number of cyclic esters (lactones) is 1. The van der Waals surface area contributed by atoms with Crippen LogP contribution in [0.3, 0.4) is 0 Å². The summed E-state index contributed by atoms with van der Waals surface area (Å²) in [4.78, 5) is 10.9. The first-order chi connectivity index (χ1) is 6.68. The molecule has 1 aliphatic heterocycles. The van der Waals surface area contributed by atoms with Crippen LogP contribution in [-0.2, 0) is 4.74 Å². The quantitative estimate of drug-likeness (QED) is 0.829. The minimum absolute atomic E-state index is 0. The lowest BCUT2D eigenvalue weighted by Gasteiger charge is -2.12. The molecule has 0 saturated carbocycles. The molecule has 1 aromatic rings. The van der Waals surface area contributed by atoms with Gasteiger partial charge in [-0.2, -0.15) is 0 Å². The molecular weight excluding hydrogens is 237 g/mol. The Morgan fingerprint density at radius 3 is 2.80 bits per heavy atom. The van der Waals surface area contributed by atoms with E-state index in [1.165, 1.54) is 0 Å². The van der Waals surface area contributed by atoms with Crippen LogP contribution in [0, 0.1) is 6.92 Å². The molecule has 0 aliphatic carbocycles. The fourth-order valence-electron chi connectivity index (χ4n) is 1.63. The molecule has 1 amide bonds. The number of carbonyl (C=O) groups is 1. The van der Waals surface area contributed by atoms with Crippen LogP contribution >= 0.6 is 24.0 Å². The van der Waals surface area contributed by atoms with Gasteiger partial charge in [0.05, 0.1) is 6.04 Å². The van der Waals surface area contributed by atoms with Gasteiger partial charge in [0.25, 0.3) is 0 Å². The molecule has 0 bridgehead atoms. The molecule has 15 heavy (non-hydrogen) atoms. The van der Waals surface area contributed by atoms with Crippen LogP contribution < -0.4 is 5.32 Å². The van der Waals surface area contributed by atoms with E-state index in [2.05, 4.69) is 5.32 Å². The number of rotatable bonds is 1. The van der Waals surface area contributed by atoms with Crippen LogP contribution in [-0.4, -0.2) is 12.7 Å². The summed E-state index contributed by atoms with van der Waals surface area (Å²) < 4.78 is 4.82. The van der Waals surface area contributed by atoms with Crippen molar-refractivity contribution >= 4 is 30.1 Å². The lowest BCUT2D eigenvalue weighted by molar-refractivity contribution is 0.177. The summed E-state index contributed by atoms with van der Waals surface area (Å²) in [5.41, 5.74) is 2.01. The number of benzene rings is 1. The molecule has 82 valence electrons. The summed E-state index contributed by atoms with van der Waals surface area (Å²) in [5.74, 6) is 0. The second kappa shape index (κ2) is 4.73. The van der Waals surface area contributed by atoms with Gasteiger partial charge in [-0.1, -0.05) is 23.7 Å². The third-order valence-electron chi connectivity index (χ3n) is 2.29. The Morgan fingerprint density at radius 1 is 1.53 bits per heavy atom. The van der Waals surface area contributed by atoms with Gasteiger partial charge in [-0.15, -0.1) is 12.4 Å². The molecule has 2 rings (SSSR count). The van der Waals surface area contributed by atoms with Gasteiger partial charge in [0.2, 0.25) is 0 Å². The minimum atomic E-state index is -0.380. The maximum Gasteiger partial charge on any atom is 0.407 e. The fourth-order valence-corrected chi connectivity index (χ4v) is 1.98. The van der Waals surface area contributed by atoms with Gasteiger partial charge in [0.1, 0.15) is 6.61 Å². The predicted molar refractivity (Wildman–Crippen MR) is 60.7 cm³/mol. The Kier molecular flexibility index (Phi) is 3.83. The van der Waals surface area contributed by atoms with Gasteiger partial charge in [-0.25, -0.2) is 4.79 Å². The van der Waals surface area contributed by atoms with Crippen LogP contribution in [0.5, 0.6) is 0 Å². The number of carbonyl (C=O) groups excluding carboxylic acids is 1. The first kappa shape index (κ1) is 12.1. The van der Waals surface area contributed by atoms with Crippen molar-refractivity contribution in [1.29, 1.82) is 0 Å². The second-order valence-corrected chi connectivity index (χ2v) is 3.67. The molecule has 0 spiro atoms. The number of alkyl carbamates (subject to hydrolysis) is 1. The molecular formula is C10H11Cl2NO2. The second-order valence-electron chi connectivity index (χ2n) is 3.27. The third-order valence-corrected chi connectivity index (χ3v) is 2.62. The predicted octanol–water partition coefficient (Wildman–Crippen LogP) is 2.85. The van der Waals surface area contributed by atoms with Crippen molar-refractivity contribution in [2.75, 3.05) is 6.61 Å². The van der Waals surface area contributed by atoms with Crippen molar-refractivity contribution < 1.29 is 9.53 Å². The SMILES string of the molecule is Cc1cccc(Cl)c1[C@H]1COC(=O)N1.Cl. The van der Waals surface area contributed by atoms with E-state index >= 15 is 0 Å². The monoisotopic (exact) mass is 247 g/mol. The van der Waals surface area contributed by atoms with Crippen molar-refractivity contribution in [1.82, 2.24) is 5.32 Å². The van der Waals surface area contributed by atoms with Crippen molar-refractivity contribution in [2.24, 2.45) is 0 Å². The highest BCUT2D eigenvalue weighted by molar-refractivity contribution is 6.31.